The van der Waals surface area contributed by atoms with E-state index in [0.717, 1.165) is 23.1 Å². The van der Waals surface area contributed by atoms with Crippen LogP contribution in [0.3, 0.4) is 0 Å². The van der Waals surface area contributed by atoms with Crippen LogP contribution in [-0.4, -0.2) is 37.5 Å². The summed E-state index contributed by atoms with van der Waals surface area (Å²) in [6.07, 6.45) is -1.02. The van der Waals surface area contributed by atoms with E-state index in [2.05, 4.69) is 20.7 Å². The molecule has 0 fully saturated rings. The number of hydrogen-bond acceptors (Lipinski definition) is 8. The Balaban J connectivity index is 1.73. The average Bonchev–Trinajstić information content (AvgIpc) is 3.31. The summed E-state index contributed by atoms with van der Waals surface area (Å²) in [5.41, 5.74) is 5.01. The monoisotopic (exact) mass is 473 g/mol. The maximum atomic E-state index is 12.7. The van der Waals surface area contributed by atoms with Gasteiger partial charge in [0, 0.05) is 5.69 Å². The van der Waals surface area contributed by atoms with Gasteiger partial charge in [-0.2, -0.15) is 5.10 Å². The Morgan fingerprint density at radius 2 is 1.62 bits per heavy atom. The van der Waals surface area contributed by atoms with E-state index in [0.29, 0.717) is 16.5 Å². The van der Waals surface area contributed by atoms with Crippen LogP contribution in [0.2, 0.25) is 0 Å². The Morgan fingerprint density at radius 3 is 2.26 bits per heavy atom. The Hall–Kier alpha value is -3.95. The molecule has 0 aliphatic rings. The smallest absolute Gasteiger partial charge is 0.365 e. The highest BCUT2D eigenvalue weighted by Crippen LogP contribution is 2.29. The predicted octanol–water partition coefficient (Wildman–Crippen LogP) is 4.43. The maximum absolute atomic E-state index is 12.7. The van der Waals surface area contributed by atoms with Crippen molar-refractivity contribution >= 4 is 28.5 Å². The molecule has 0 saturated carbocycles. The lowest BCUT2D eigenvalue weighted by molar-refractivity contribution is -0.134. The van der Waals surface area contributed by atoms with E-state index in [9.17, 15) is 9.90 Å². The van der Waals surface area contributed by atoms with Gasteiger partial charge in [0.05, 0.1) is 12.3 Å². The lowest BCUT2D eigenvalue weighted by atomic mass is 10.1. The van der Waals surface area contributed by atoms with Crippen LogP contribution in [0.5, 0.6) is 0 Å². The summed E-state index contributed by atoms with van der Waals surface area (Å²) in [7, 11) is 0. The molecule has 2 N–H and O–H groups in total. The van der Waals surface area contributed by atoms with E-state index >= 15 is 0 Å². The third-order valence-corrected chi connectivity index (χ3v) is 5.63. The zero-order valence-corrected chi connectivity index (χ0v) is 19.2. The Morgan fingerprint density at radius 1 is 1.00 bits per heavy atom. The van der Waals surface area contributed by atoms with Gasteiger partial charge >= 0.3 is 5.97 Å². The molecule has 0 radical (unpaired) electrons. The molecule has 0 spiro atoms. The number of aliphatic hydroxyl groups is 1. The van der Waals surface area contributed by atoms with Gasteiger partial charge in [-0.05, 0) is 48.5 Å². The van der Waals surface area contributed by atoms with Crippen molar-refractivity contribution in [2.24, 2.45) is 5.10 Å². The van der Waals surface area contributed by atoms with Gasteiger partial charge in [0.1, 0.15) is 6.10 Å². The summed E-state index contributed by atoms with van der Waals surface area (Å²) in [6.45, 7) is 1.93. The number of ether oxygens (including phenoxy) is 1. The van der Waals surface area contributed by atoms with E-state index < -0.39 is 12.1 Å². The van der Waals surface area contributed by atoms with Crippen LogP contribution in [-0.2, 0) is 9.53 Å². The number of hydrazone groups is 1. The first-order valence-corrected chi connectivity index (χ1v) is 11.5. The van der Waals surface area contributed by atoms with Gasteiger partial charge in [0.25, 0.3) is 0 Å². The van der Waals surface area contributed by atoms with Crippen LogP contribution >= 0.6 is 11.8 Å². The number of carbonyl (C=O) groups is 1. The number of nitrogens with zero attached hydrogens (tertiary/aromatic N) is 4. The van der Waals surface area contributed by atoms with E-state index in [4.69, 9.17) is 4.74 Å². The van der Waals surface area contributed by atoms with Crippen LogP contribution in [0, 0.1) is 0 Å². The predicted molar refractivity (Wildman–Crippen MR) is 132 cm³/mol. The van der Waals surface area contributed by atoms with Crippen molar-refractivity contribution < 1.29 is 14.6 Å². The highest BCUT2D eigenvalue weighted by Gasteiger charge is 2.25. The molecule has 0 aliphatic carbocycles. The molecule has 4 rings (SSSR count). The second-order valence-corrected chi connectivity index (χ2v) is 8.00. The second kappa shape index (κ2) is 11.3. The SMILES string of the molecule is CCOC(=O)/C(=N/Nc1ccccc1)Sc1nnc(C(O)c2ccccc2)n1-c1ccccc1. The van der Waals surface area contributed by atoms with Gasteiger partial charge in [-0.3, -0.25) is 9.99 Å². The number of anilines is 1. The minimum absolute atomic E-state index is 0.0519. The van der Waals surface area contributed by atoms with Crippen molar-refractivity contribution in [1.82, 2.24) is 14.8 Å². The second-order valence-electron chi connectivity index (χ2n) is 7.04. The molecule has 4 aromatic rings. The molecule has 1 atom stereocenters. The molecule has 34 heavy (non-hydrogen) atoms. The average molecular weight is 474 g/mol. The fraction of sp³-hybridized carbons (Fsp3) is 0.120. The molecular weight excluding hydrogens is 450 g/mol. The molecular formula is C25H23N5O3S. The fourth-order valence-corrected chi connectivity index (χ4v) is 3.92. The molecule has 1 unspecified atom stereocenters. The normalized spacial score (nSPS) is 12.2. The summed E-state index contributed by atoms with van der Waals surface area (Å²) in [5.74, 6) is -0.275. The van der Waals surface area contributed by atoms with Gasteiger partial charge in [-0.1, -0.05) is 66.7 Å². The van der Waals surface area contributed by atoms with E-state index in [1.165, 1.54) is 0 Å². The minimum Gasteiger partial charge on any atom is -0.461 e. The van der Waals surface area contributed by atoms with E-state index in [1.54, 1.807) is 11.5 Å². The molecule has 3 aromatic carbocycles. The number of rotatable bonds is 7. The first-order valence-electron chi connectivity index (χ1n) is 10.6. The molecule has 1 aromatic heterocycles. The number of benzene rings is 3. The molecule has 8 nitrogen and oxygen atoms in total. The quantitative estimate of drug-likeness (QED) is 0.135. The molecule has 0 saturated heterocycles. The van der Waals surface area contributed by atoms with E-state index in [1.807, 2.05) is 91.0 Å². The third-order valence-electron chi connectivity index (χ3n) is 4.73. The molecule has 0 amide bonds. The first kappa shape index (κ1) is 23.2. The molecule has 0 aliphatic heterocycles. The number of aliphatic hydroxyl groups excluding tert-OH is 1. The van der Waals surface area contributed by atoms with Crippen LogP contribution in [0.1, 0.15) is 24.4 Å². The zero-order chi connectivity index (χ0) is 23.8. The van der Waals surface area contributed by atoms with Crippen molar-refractivity contribution in [3.8, 4) is 5.69 Å². The van der Waals surface area contributed by atoms with Crippen molar-refractivity contribution in [3.05, 3.63) is 102 Å². The molecule has 172 valence electrons. The van der Waals surface area contributed by atoms with Gasteiger partial charge in [-0.25, -0.2) is 4.79 Å². The standard InChI is InChI=1S/C25H23N5O3S/c1-2-33-24(32)23(28-26-19-14-8-4-9-15-19)34-25-29-27-22(21(31)18-12-6-3-7-13-18)30(25)20-16-10-5-11-17-20/h3-17,21,26,31H,2H2,1H3/b28-23-. The number of aromatic nitrogens is 3. The van der Waals surface area contributed by atoms with Gasteiger partial charge in [0.15, 0.2) is 5.82 Å². The molecule has 1 heterocycles. The number of esters is 1. The van der Waals surface area contributed by atoms with E-state index in [-0.39, 0.29) is 11.7 Å². The van der Waals surface area contributed by atoms with Crippen LogP contribution in [0.4, 0.5) is 5.69 Å². The number of para-hydroxylation sites is 2. The van der Waals surface area contributed by atoms with Crippen LogP contribution in [0.15, 0.2) is 101 Å². The summed E-state index contributed by atoms with van der Waals surface area (Å²) in [5, 5.41) is 24.3. The Bertz CT molecular complexity index is 1250. The van der Waals surface area contributed by atoms with Gasteiger partial charge in [0.2, 0.25) is 10.2 Å². The summed E-state index contributed by atoms with van der Waals surface area (Å²) >= 11 is 1.00. The van der Waals surface area contributed by atoms with Crippen LogP contribution in [0.25, 0.3) is 5.69 Å². The highest BCUT2D eigenvalue weighted by molar-refractivity contribution is 8.15. The van der Waals surface area contributed by atoms with Gasteiger partial charge < -0.3 is 9.84 Å². The molecule has 0 bridgehead atoms. The largest absolute Gasteiger partial charge is 0.461 e. The Labute approximate surface area is 201 Å². The fourth-order valence-electron chi connectivity index (χ4n) is 3.15. The lowest BCUT2D eigenvalue weighted by Gasteiger charge is -2.14. The van der Waals surface area contributed by atoms with Crippen molar-refractivity contribution in [3.63, 3.8) is 0 Å². The number of carbonyl (C=O) groups excluding carboxylic acids is 1. The van der Waals surface area contributed by atoms with Crippen molar-refractivity contribution in [2.45, 2.75) is 18.2 Å². The number of thioether (sulfide) groups is 1. The Kier molecular flexibility index (Phi) is 7.69. The highest BCUT2D eigenvalue weighted by atomic mass is 32.2. The first-order chi connectivity index (χ1) is 16.7. The maximum Gasteiger partial charge on any atom is 0.365 e. The minimum atomic E-state index is -1.02. The topological polar surface area (TPSA) is 102 Å². The van der Waals surface area contributed by atoms with Crippen LogP contribution < -0.4 is 5.43 Å². The summed E-state index contributed by atoms with van der Waals surface area (Å²) < 4.78 is 6.90. The van der Waals surface area contributed by atoms with Gasteiger partial charge in [-0.15, -0.1) is 10.2 Å². The van der Waals surface area contributed by atoms with Crippen molar-refractivity contribution in [1.29, 1.82) is 0 Å². The summed E-state index contributed by atoms with van der Waals surface area (Å²) in [6, 6.07) is 27.9. The number of hydrogen-bond donors (Lipinski definition) is 2. The third kappa shape index (κ3) is 5.51. The zero-order valence-electron chi connectivity index (χ0n) is 18.4. The lowest BCUT2D eigenvalue weighted by Crippen LogP contribution is -2.17. The molecule has 9 heteroatoms. The summed E-state index contributed by atoms with van der Waals surface area (Å²) in [4.78, 5) is 12.7. The van der Waals surface area contributed by atoms with Crippen molar-refractivity contribution in [2.75, 3.05) is 12.0 Å². The number of nitrogens with one attached hydrogen (secondary N) is 1.